The first-order chi connectivity index (χ1) is 8.15. The Kier molecular flexibility index (Phi) is 7.12. The Hall–Kier alpha value is -0.0900. The van der Waals surface area contributed by atoms with Gasteiger partial charge in [-0.2, -0.15) is 0 Å². The molecule has 1 amide bonds. The summed E-state index contributed by atoms with van der Waals surface area (Å²) in [6.07, 6.45) is 5.39. The molecule has 1 fully saturated rings. The molecular formula is C13H25BrN2O. The summed E-state index contributed by atoms with van der Waals surface area (Å²) < 4.78 is 0. The molecule has 1 saturated heterocycles. The van der Waals surface area contributed by atoms with Gasteiger partial charge in [-0.1, -0.05) is 29.3 Å². The van der Waals surface area contributed by atoms with Gasteiger partial charge in [0.2, 0.25) is 5.91 Å². The highest BCUT2D eigenvalue weighted by molar-refractivity contribution is 9.09. The van der Waals surface area contributed by atoms with E-state index >= 15 is 0 Å². The van der Waals surface area contributed by atoms with E-state index in [1.807, 2.05) is 0 Å². The zero-order valence-corrected chi connectivity index (χ0v) is 12.4. The van der Waals surface area contributed by atoms with Gasteiger partial charge in [0.25, 0.3) is 0 Å². The average Bonchev–Trinajstić information content (AvgIpc) is 2.30. The Morgan fingerprint density at radius 1 is 1.47 bits per heavy atom. The van der Waals surface area contributed by atoms with Crippen LogP contribution in [0.3, 0.4) is 0 Å². The van der Waals surface area contributed by atoms with Gasteiger partial charge in [-0.15, -0.1) is 0 Å². The van der Waals surface area contributed by atoms with E-state index in [0.29, 0.717) is 12.3 Å². The third-order valence-electron chi connectivity index (χ3n) is 3.63. The summed E-state index contributed by atoms with van der Waals surface area (Å²) in [4.78, 5) is 13.4. The van der Waals surface area contributed by atoms with Crippen LogP contribution in [0.1, 0.15) is 39.0 Å². The number of piperidine rings is 1. The summed E-state index contributed by atoms with van der Waals surface area (Å²) in [5.41, 5.74) is 5.24. The van der Waals surface area contributed by atoms with Crippen LogP contribution in [0.4, 0.5) is 0 Å². The predicted octanol–water partition coefficient (Wildman–Crippen LogP) is 2.39. The average molecular weight is 305 g/mol. The van der Waals surface area contributed by atoms with Crippen LogP contribution in [0.25, 0.3) is 0 Å². The van der Waals surface area contributed by atoms with E-state index in [1.54, 1.807) is 0 Å². The second-order valence-electron chi connectivity index (χ2n) is 5.22. The lowest BCUT2D eigenvalue weighted by atomic mass is 9.92. The zero-order valence-electron chi connectivity index (χ0n) is 10.8. The smallest absolute Gasteiger partial charge is 0.217 e. The third kappa shape index (κ3) is 5.87. The molecule has 0 aromatic heterocycles. The van der Waals surface area contributed by atoms with Gasteiger partial charge in [-0.3, -0.25) is 4.79 Å². The number of primary amides is 1. The van der Waals surface area contributed by atoms with Gasteiger partial charge in [0.05, 0.1) is 0 Å². The second kappa shape index (κ2) is 8.09. The number of hydrogen-bond acceptors (Lipinski definition) is 2. The monoisotopic (exact) mass is 304 g/mol. The molecule has 0 saturated carbocycles. The Bertz CT molecular complexity index is 227. The number of likely N-dealkylation sites (tertiary alicyclic amines) is 1. The summed E-state index contributed by atoms with van der Waals surface area (Å²) in [6.45, 7) is 5.70. The Labute approximate surface area is 113 Å². The first kappa shape index (κ1) is 15.0. The molecule has 0 bridgehead atoms. The number of carbonyl (C=O) groups excluding carboxylic acids is 1. The van der Waals surface area contributed by atoms with E-state index in [-0.39, 0.29) is 5.91 Å². The highest BCUT2D eigenvalue weighted by Gasteiger charge is 2.22. The van der Waals surface area contributed by atoms with Crippen LogP contribution in [0.15, 0.2) is 0 Å². The summed E-state index contributed by atoms with van der Waals surface area (Å²) in [6, 6.07) is 0. The maximum atomic E-state index is 10.9. The van der Waals surface area contributed by atoms with Crippen LogP contribution in [-0.2, 0) is 4.79 Å². The van der Waals surface area contributed by atoms with Crippen LogP contribution in [0.5, 0.6) is 0 Å². The molecule has 1 rings (SSSR count). The van der Waals surface area contributed by atoms with Crippen molar-refractivity contribution in [1.82, 2.24) is 4.90 Å². The van der Waals surface area contributed by atoms with Crippen LogP contribution in [-0.4, -0.2) is 35.8 Å². The largest absolute Gasteiger partial charge is 0.370 e. The minimum Gasteiger partial charge on any atom is -0.370 e. The van der Waals surface area contributed by atoms with E-state index in [1.165, 1.54) is 19.4 Å². The molecule has 17 heavy (non-hydrogen) atoms. The van der Waals surface area contributed by atoms with Crippen LogP contribution in [0, 0.1) is 11.8 Å². The fourth-order valence-electron chi connectivity index (χ4n) is 2.65. The fraction of sp³-hybridized carbons (Fsp3) is 0.923. The van der Waals surface area contributed by atoms with Gasteiger partial charge in [0.1, 0.15) is 0 Å². The minimum absolute atomic E-state index is 0.146. The number of rotatable bonds is 7. The molecule has 3 nitrogen and oxygen atoms in total. The second-order valence-corrected chi connectivity index (χ2v) is 5.87. The van der Waals surface area contributed by atoms with Gasteiger partial charge in [0.15, 0.2) is 0 Å². The molecule has 1 unspecified atom stereocenters. The maximum Gasteiger partial charge on any atom is 0.217 e. The van der Waals surface area contributed by atoms with Gasteiger partial charge in [0, 0.05) is 18.3 Å². The molecular weight excluding hydrogens is 280 g/mol. The SMILES string of the molecule is CCCC(CBr)CN1CCC(CC(N)=O)CC1. The van der Waals surface area contributed by atoms with E-state index in [2.05, 4.69) is 27.8 Å². The van der Waals surface area contributed by atoms with Crippen molar-refractivity contribution in [3.8, 4) is 0 Å². The normalized spacial score (nSPS) is 20.4. The quantitative estimate of drug-likeness (QED) is 0.734. The fourth-order valence-corrected chi connectivity index (χ4v) is 3.18. The minimum atomic E-state index is -0.146. The summed E-state index contributed by atoms with van der Waals surface area (Å²) in [5.74, 6) is 1.15. The van der Waals surface area contributed by atoms with Gasteiger partial charge in [-0.05, 0) is 44.2 Å². The van der Waals surface area contributed by atoms with Crippen molar-refractivity contribution < 1.29 is 4.79 Å². The van der Waals surface area contributed by atoms with Crippen LogP contribution < -0.4 is 5.73 Å². The topological polar surface area (TPSA) is 46.3 Å². The number of alkyl halides is 1. The van der Waals surface area contributed by atoms with Gasteiger partial charge < -0.3 is 10.6 Å². The first-order valence-electron chi connectivity index (χ1n) is 6.72. The maximum absolute atomic E-state index is 10.9. The number of hydrogen-bond donors (Lipinski definition) is 1. The number of halogens is 1. The third-order valence-corrected chi connectivity index (χ3v) is 4.54. The van der Waals surface area contributed by atoms with E-state index < -0.39 is 0 Å². The number of nitrogens with two attached hydrogens (primary N) is 1. The first-order valence-corrected chi connectivity index (χ1v) is 7.84. The lowest BCUT2D eigenvalue weighted by molar-refractivity contribution is -0.119. The van der Waals surface area contributed by atoms with E-state index in [4.69, 9.17) is 5.73 Å². The van der Waals surface area contributed by atoms with Crippen LogP contribution in [0.2, 0.25) is 0 Å². The van der Waals surface area contributed by atoms with Crippen molar-refractivity contribution in [2.75, 3.05) is 25.0 Å². The Balaban J connectivity index is 2.24. The molecule has 2 N–H and O–H groups in total. The highest BCUT2D eigenvalue weighted by atomic mass is 79.9. The molecule has 0 spiro atoms. The van der Waals surface area contributed by atoms with Crippen molar-refractivity contribution in [3.63, 3.8) is 0 Å². The van der Waals surface area contributed by atoms with Crippen molar-refractivity contribution in [3.05, 3.63) is 0 Å². The summed E-state index contributed by atoms with van der Waals surface area (Å²) in [7, 11) is 0. The molecule has 0 radical (unpaired) electrons. The van der Waals surface area contributed by atoms with Crippen molar-refractivity contribution >= 4 is 21.8 Å². The van der Waals surface area contributed by atoms with E-state index in [9.17, 15) is 4.79 Å². The summed E-state index contributed by atoms with van der Waals surface area (Å²) in [5, 5.41) is 1.10. The number of carbonyl (C=O) groups is 1. The number of nitrogens with zero attached hydrogens (tertiary/aromatic N) is 1. The Morgan fingerprint density at radius 3 is 2.59 bits per heavy atom. The van der Waals surface area contributed by atoms with Crippen LogP contribution >= 0.6 is 15.9 Å². The molecule has 4 heteroatoms. The molecule has 100 valence electrons. The molecule has 0 aromatic rings. The Morgan fingerprint density at radius 2 is 2.12 bits per heavy atom. The molecule has 0 aliphatic carbocycles. The summed E-state index contributed by atoms with van der Waals surface area (Å²) >= 11 is 3.60. The standard InChI is InChI=1S/C13H25BrN2O/c1-2-3-12(9-14)10-16-6-4-11(5-7-16)8-13(15)17/h11-12H,2-10H2,1H3,(H2,15,17). The lowest BCUT2D eigenvalue weighted by Gasteiger charge is -2.33. The van der Waals surface area contributed by atoms with Gasteiger partial charge >= 0.3 is 0 Å². The molecule has 1 aliphatic heterocycles. The van der Waals surface area contributed by atoms with Crippen molar-refractivity contribution in [2.24, 2.45) is 17.6 Å². The highest BCUT2D eigenvalue weighted by Crippen LogP contribution is 2.22. The zero-order chi connectivity index (χ0) is 12.7. The number of amides is 1. The van der Waals surface area contributed by atoms with Crippen molar-refractivity contribution in [1.29, 1.82) is 0 Å². The van der Waals surface area contributed by atoms with Crippen molar-refractivity contribution in [2.45, 2.75) is 39.0 Å². The van der Waals surface area contributed by atoms with Gasteiger partial charge in [-0.25, -0.2) is 0 Å². The van der Waals surface area contributed by atoms with E-state index in [0.717, 1.165) is 37.2 Å². The molecule has 1 aliphatic rings. The molecule has 1 atom stereocenters. The predicted molar refractivity (Wildman–Crippen MR) is 75.2 cm³/mol. The molecule has 0 aromatic carbocycles. The molecule has 1 heterocycles. The lowest BCUT2D eigenvalue weighted by Crippen LogP contribution is -2.38.